The summed E-state index contributed by atoms with van der Waals surface area (Å²) in [6.07, 6.45) is 2.57. The van der Waals surface area contributed by atoms with Crippen LogP contribution in [0.2, 0.25) is 0 Å². The molecule has 1 atom stereocenters. The molecule has 0 amide bonds. The topological polar surface area (TPSA) is 29.5 Å². The fourth-order valence-electron chi connectivity index (χ4n) is 1.12. The molecule has 0 aromatic carbocycles. The number of hydrogen-bond acceptors (Lipinski definition) is 2. The number of methoxy groups -OCH3 is 1. The Balaban J connectivity index is 2.12. The molecule has 1 aliphatic rings. The third-order valence-corrected chi connectivity index (χ3v) is 1.90. The molecule has 0 unspecified atom stereocenters. The highest BCUT2D eigenvalue weighted by Crippen LogP contribution is 2.36. The van der Waals surface area contributed by atoms with Gasteiger partial charge in [-0.2, -0.15) is 0 Å². The number of ether oxygens (including phenoxy) is 1. The first-order chi connectivity index (χ1) is 4.38. The SMILES string of the molecule is COC[C@H](CO)C1CC1. The van der Waals surface area contributed by atoms with Crippen molar-refractivity contribution >= 4 is 0 Å². The molecular weight excluding hydrogens is 116 g/mol. The first kappa shape index (κ1) is 7.03. The average Bonchev–Trinajstić information content (AvgIpc) is 2.64. The molecule has 0 aromatic rings. The molecule has 1 saturated carbocycles. The maximum atomic E-state index is 8.79. The van der Waals surface area contributed by atoms with Gasteiger partial charge >= 0.3 is 0 Å². The summed E-state index contributed by atoms with van der Waals surface area (Å²) in [4.78, 5) is 0. The van der Waals surface area contributed by atoms with Crippen LogP contribution in [-0.2, 0) is 4.74 Å². The first-order valence-corrected chi connectivity index (χ1v) is 3.48. The molecule has 54 valence electrons. The van der Waals surface area contributed by atoms with E-state index < -0.39 is 0 Å². The number of rotatable bonds is 4. The third-order valence-electron chi connectivity index (χ3n) is 1.90. The van der Waals surface area contributed by atoms with Crippen molar-refractivity contribution in [2.24, 2.45) is 11.8 Å². The largest absolute Gasteiger partial charge is 0.396 e. The fraction of sp³-hybridized carbons (Fsp3) is 1.00. The van der Waals surface area contributed by atoms with Crippen LogP contribution in [0.3, 0.4) is 0 Å². The van der Waals surface area contributed by atoms with Crippen molar-refractivity contribution in [2.45, 2.75) is 12.8 Å². The van der Waals surface area contributed by atoms with E-state index in [1.54, 1.807) is 7.11 Å². The monoisotopic (exact) mass is 130 g/mol. The van der Waals surface area contributed by atoms with Gasteiger partial charge in [0, 0.05) is 19.6 Å². The van der Waals surface area contributed by atoms with Gasteiger partial charge in [0.2, 0.25) is 0 Å². The molecule has 2 nitrogen and oxygen atoms in total. The van der Waals surface area contributed by atoms with Crippen molar-refractivity contribution in [1.82, 2.24) is 0 Å². The highest BCUT2D eigenvalue weighted by Gasteiger charge is 2.30. The number of hydrogen-bond donors (Lipinski definition) is 1. The first-order valence-electron chi connectivity index (χ1n) is 3.48. The average molecular weight is 130 g/mol. The summed E-state index contributed by atoms with van der Waals surface area (Å²) >= 11 is 0. The molecule has 9 heavy (non-hydrogen) atoms. The highest BCUT2D eigenvalue weighted by atomic mass is 16.5. The summed E-state index contributed by atoms with van der Waals surface area (Å²) in [5.41, 5.74) is 0. The van der Waals surface area contributed by atoms with Gasteiger partial charge in [0.25, 0.3) is 0 Å². The second-order valence-corrected chi connectivity index (χ2v) is 2.74. The van der Waals surface area contributed by atoms with Crippen LogP contribution in [0.15, 0.2) is 0 Å². The van der Waals surface area contributed by atoms with Gasteiger partial charge in [-0.1, -0.05) is 0 Å². The van der Waals surface area contributed by atoms with Crippen LogP contribution >= 0.6 is 0 Å². The zero-order valence-electron chi connectivity index (χ0n) is 5.84. The molecule has 1 rings (SSSR count). The Morgan fingerprint density at radius 3 is 2.67 bits per heavy atom. The summed E-state index contributed by atoms with van der Waals surface area (Å²) in [6, 6.07) is 0. The lowest BCUT2D eigenvalue weighted by Gasteiger charge is -2.09. The van der Waals surface area contributed by atoms with E-state index in [9.17, 15) is 0 Å². The molecule has 2 heteroatoms. The van der Waals surface area contributed by atoms with E-state index in [4.69, 9.17) is 9.84 Å². The summed E-state index contributed by atoms with van der Waals surface area (Å²) in [6.45, 7) is 1.01. The zero-order chi connectivity index (χ0) is 6.69. The Labute approximate surface area is 55.8 Å². The van der Waals surface area contributed by atoms with Gasteiger partial charge in [0.1, 0.15) is 0 Å². The second-order valence-electron chi connectivity index (χ2n) is 2.74. The smallest absolute Gasteiger partial charge is 0.0515 e. The van der Waals surface area contributed by atoms with Crippen molar-refractivity contribution in [3.8, 4) is 0 Å². The molecule has 0 heterocycles. The van der Waals surface area contributed by atoms with Crippen molar-refractivity contribution in [1.29, 1.82) is 0 Å². The Hall–Kier alpha value is -0.0800. The van der Waals surface area contributed by atoms with Gasteiger partial charge in [-0.05, 0) is 18.8 Å². The summed E-state index contributed by atoms with van der Waals surface area (Å²) in [7, 11) is 1.69. The van der Waals surface area contributed by atoms with E-state index in [1.807, 2.05) is 0 Å². The van der Waals surface area contributed by atoms with Gasteiger partial charge in [-0.25, -0.2) is 0 Å². The van der Waals surface area contributed by atoms with Crippen LogP contribution in [0.4, 0.5) is 0 Å². The van der Waals surface area contributed by atoms with E-state index in [1.165, 1.54) is 12.8 Å². The summed E-state index contributed by atoms with van der Waals surface area (Å²) < 4.78 is 4.94. The Morgan fingerprint density at radius 1 is 1.67 bits per heavy atom. The van der Waals surface area contributed by atoms with Gasteiger partial charge in [0.05, 0.1) is 6.61 Å². The quantitative estimate of drug-likeness (QED) is 0.605. The van der Waals surface area contributed by atoms with E-state index in [0.717, 1.165) is 12.5 Å². The van der Waals surface area contributed by atoms with Crippen molar-refractivity contribution in [3.05, 3.63) is 0 Å². The fourth-order valence-corrected chi connectivity index (χ4v) is 1.12. The molecule has 1 fully saturated rings. The van der Waals surface area contributed by atoms with Crippen molar-refractivity contribution in [3.63, 3.8) is 0 Å². The minimum absolute atomic E-state index is 0.290. The van der Waals surface area contributed by atoms with Crippen LogP contribution in [0.5, 0.6) is 0 Å². The minimum atomic E-state index is 0.290. The summed E-state index contributed by atoms with van der Waals surface area (Å²) in [5.74, 6) is 1.17. The van der Waals surface area contributed by atoms with Crippen molar-refractivity contribution in [2.75, 3.05) is 20.3 Å². The Kier molecular flexibility index (Phi) is 2.49. The minimum Gasteiger partial charge on any atom is -0.396 e. The Morgan fingerprint density at radius 2 is 2.33 bits per heavy atom. The lowest BCUT2D eigenvalue weighted by atomic mass is 10.1. The maximum absolute atomic E-state index is 8.79. The molecule has 1 N–H and O–H groups in total. The van der Waals surface area contributed by atoms with E-state index >= 15 is 0 Å². The van der Waals surface area contributed by atoms with E-state index in [0.29, 0.717) is 12.5 Å². The van der Waals surface area contributed by atoms with Gasteiger partial charge in [-0.3, -0.25) is 0 Å². The molecular formula is C7H14O2. The molecule has 1 aliphatic carbocycles. The predicted octanol–water partition coefficient (Wildman–Crippen LogP) is 0.651. The summed E-state index contributed by atoms with van der Waals surface area (Å²) in [5, 5.41) is 8.79. The van der Waals surface area contributed by atoms with E-state index in [-0.39, 0.29) is 0 Å². The third kappa shape index (κ3) is 1.95. The van der Waals surface area contributed by atoms with Crippen LogP contribution in [-0.4, -0.2) is 25.4 Å². The van der Waals surface area contributed by atoms with Crippen LogP contribution < -0.4 is 0 Å². The van der Waals surface area contributed by atoms with Crippen LogP contribution in [0, 0.1) is 11.8 Å². The molecule has 0 bridgehead atoms. The van der Waals surface area contributed by atoms with Gasteiger partial charge in [0.15, 0.2) is 0 Å². The molecule has 0 saturated heterocycles. The Bertz CT molecular complexity index is 79.0. The molecule has 0 spiro atoms. The van der Waals surface area contributed by atoms with E-state index in [2.05, 4.69) is 0 Å². The van der Waals surface area contributed by atoms with Gasteiger partial charge in [-0.15, -0.1) is 0 Å². The maximum Gasteiger partial charge on any atom is 0.0515 e. The predicted molar refractivity (Wildman–Crippen MR) is 35.2 cm³/mol. The number of aliphatic hydroxyl groups excluding tert-OH is 1. The van der Waals surface area contributed by atoms with Crippen LogP contribution in [0.25, 0.3) is 0 Å². The highest BCUT2D eigenvalue weighted by molar-refractivity contribution is 4.80. The lowest BCUT2D eigenvalue weighted by molar-refractivity contribution is 0.0983. The second kappa shape index (κ2) is 3.18. The zero-order valence-corrected chi connectivity index (χ0v) is 5.84. The normalized spacial score (nSPS) is 22.0. The molecule has 0 radical (unpaired) electrons. The molecule has 0 aliphatic heterocycles. The van der Waals surface area contributed by atoms with Crippen LogP contribution in [0.1, 0.15) is 12.8 Å². The lowest BCUT2D eigenvalue weighted by Crippen LogP contribution is -2.14. The van der Waals surface area contributed by atoms with Crippen molar-refractivity contribution < 1.29 is 9.84 Å². The number of aliphatic hydroxyl groups is 1. The standard InChI is InChI=1S/C7H14O2/c1-9-5-7(4-8)6-2-3-6/h6-8H,2-5H2,1H3/t7-/m0/s1. The molecule has 0 aromatic heterocycles. The van der Waals surface area contributed by atoms with Gasteiger partial charge < -0.3 is 9.84 Å².